The van der Waals surface area contributed by atoms with Crippen LogP contribution in [-0.2, 0) is 24.3 Å². The summed E-state index contributed by atoms with van der Waals surface area (Å²) in [6.45, 7) is 7.04. The summed E-state index contributed by atoms with van der Waals surface area (Å²) < 4.78 is 31.6. The predicted octanol–water partition coefficient (Wildman–Crippen LogP) is 2.07. The third kappa shape index (κ3) is 6.04. The van der Waals surface area contributed by atoms with E-state index in [0.717, 1.165) is 30.4 Å². The lowest BCUT2D eigenvalue weighted by Crippen LogP contribution is -2.45. The number of hydrogen-bond acceptors (Lipinski definition) is 5. The molecular weight excluding hydrogens is 380 g/mol. The van der Waals surface area contributed by atoms with Gasteiger partial charge in [-0.1, -0.05) is 32.8 Å². The number of nitrogens with one attached hydrogen (secondary N) is 2. The molecule has 1 aliphatic carbocycles. The van der Waals surface area contributed by atoms with Crippen LogP contribution >= 0.6 is 0 Å². The van der Waals surface area contributed by atoms with E-state index < -0.39 is 29.1 Å². The van der Waals surface area contributed by atoms with Gasteiger partial charge in [0.2, 0.25) is 10.0 Å². The van der Waals surface area contributed by atoms with E-state index in [1.54, 1.807) is 12.1 Å². The average molecular weight is 411 g/mol. The molecule has 3 atom stereocenters. The molecule has 0 saturated heterocycles. The van der Waals surface area contributed by atoms with E-state index in [9.17, 15) is 18.0 Å². The molecule has 2 N–H and O–H groups in total. The SMILES string of the molecule is Cc1ccc(S(=O)(=O)NCC(=O)OCC(=O)N[C@@H]2CCC[C@H](C)[C@H]2C)cc1C. The lowest BCUT2D eigenvalue weighted by Gasteiger charge is -2.34. The second-order valence-corrected chi connectivity index (χ2v) is 9.44. The lowest BCUT2D eigenvalue weighted by atomic mass is 9.78. The first-order valence-corrected chi connectivity index (χ1v) is 11.1. The summed E-state index contributed by atoms with van der Waals surface area (Å²) in [5.74, 6) is -0.247. The van der Waals surface area contributed by atoms with Crippen LogP contribution in [0.2, 0.25) is 0 Å². The van der Waals surface area contributed by atoms with E-state index in [2.05, 4.69) is 23.9 Å². The van der Waals surface area contributed by atoms with Gasteiger partial charge in [-0.05, 0) is 55.4 Å². The van der Waals surface area contributed by atoms with Crippen LogP contribution in [0.5, 0.6) is 0 Å². The van der Waals surface area contributed by atoms with E-state index in [1.165, 1.54) is 6.07 Å². The van der Waals surface area contributed by atoms with E-state index in [4.69, 9.17) is 4.74 Å². The van der Waals surface area contributed by atoms with Crippen LogP contribution in [0.15, 0.2) is 23.1 Å². The van der Waals surface area contributed by atoms with Gasteiger partial charge in [-0.2, -0.15) is 4.72 Å². The Balaban J connectivity index is 1.79. The Morgan fingerprint density at radius 2 is 1.86 bits per heavy atom. The number of aryl methyl sites for hydroxylation is 2. The maximum absolute atomic E-state index is 12.3. The van der Waals surface area contributed by atoms with Crippen molar-refractivity contribution in [2.24, 2.45) is 11.8 Å². The van der Waals surface area contributed by atoms with Gasteiger partial charge in [0.1, 0.15) is 6.54 Å². The molecule has 1 fully saturated rings. The van der Waals surface area contributed by atoms with Crippen LogP contribution in [0.1, 0.15) is 44.2 Å². The highest BCUT2D eigenvalue weighted by atomic mass is 32.2. The number of sulfonamides is 1. The normalized spacial score (nSPS) is 22.5. The monoisotopic (exact) mass is 410 g/mol. The van der Waals surface area contributed by atoms with Crippen molar-refractivity contribution in [2.75, 3.05) is 13.2 Å². The first-order chi connectivity index (χ1) is 13.1. The summed E-state index contributed by atoms with van der Waals surface area (Å²) in [4.78, 5) is 23.9. The van der Waals surface area contributed by atoms with Gasteiger partial charge >= 0.3 is 5.97 Å². The lowest BCUT2D eigenvalue weighted by molar-refractivity contribution is -0.147. The standard InChI is InChI=1S/C20H30N2O5S/c1-13-8-9-17(10-15(13)3)28(25,26)21-11-20(24)27-12-19(23)22-18-7-5-6-14(2)16(18)4/h8-10,14,16,18,21H,5-7,11-12H2,1-4H3,(H,22,23)/t14-,16+,18+/m0/s1. The molecule has 0 unspecified atom stereocenters. The third-order valence-electron chi connectivity index (χ3n) is 5.61. The molecule has 0 radical (unpaired) electrons. The van der Waals surface area contributed by atoms with E-state index >= 15 is 0 Å². The van der Waals surface area contributed by atoms with Gasteiger partial charge < -0.3 is 10.1 Å². The zero-order valence-corrected chi connectivity index (χ0v) is 17.8. The number of carbonyl (C=O) groups excluding carboxylic acids is 2. The summed E-state index contributed by atoms with van der Waals surface area (Å²) >= 11 is 0. The van der Waals surface area contributed by atoms with Crippen molar-refractivity contribution in [3.05, 3.63) is 29.3 Å². The Bertz CT molecular complexity index is 822. The molecule has 156 valence electrons. The van der Waals surface area contributed by atoms with Gasteiger partial charge in [-0.3, -0.25) is 9.59 Å². The summed E-state index contributed by atoms with van der Waals surface area (Å²) in [7, 11) is -3.82. The molecule has 0 aliphatic heterocycles. The second kappa shape index (κ2) is 9.52. The molecule has 1 aromatic rings. The molecule has 0 aromatic heterocycles. The van der Waals surface area contributed by atoms with Gasteiger partial charge in [-0.15, -0.1) is 0 Å². The summed E-state index contributed by atoms with van der Waals surface area (Å²) in [6, 6.07) is 4.82. The van der Waals surface area contributed by atoms with Crippen molar-refractivity contribution in [1.82, 2.24) is 10.0 Å². The highest BCUT2D eigenvalue weighted by molar-refractivity contribution is 7.89. The zero-order chi connectivity index (χ0) is 20.9. The van der Waals surface area contributed by atoms with Crippen molar-refractivity contribution in [3.63, 3.8) is 0 Å². The number of benzene rings is 1. The Labute approximate surface area is 167 Å². The largest absolute Gasteiger partial charge is 0.455 e. The first kappa shape index (κ1) is 22.4. The second-order valence-electron chi connectivity index (χ2n) is 7.67. The zero-order valence-electron chi connectivity index (χ0n) is 16.9. The minimum absolute atomic E-state index is 0.0817. The fraction of sp³-hybridized carbons (Fsp3) is 0.600. The van der Waals surface area contributed by atoms with Gasteiger partial charge in [0.05, 0.1) is 4.90 Å². The van der Waals surface area contributed by atoms with Crippen molar-refractivity contribution in [1.29, 1.82) is 0 Å². The molecule has 0 heterocycles. The molecule has 2 rings (SSSR count). The maximum Gasteiger partial charge on any atom is 0.321 e. The molecular formula is C20H30N2O5S. The molecule has 1 saturated carbocycles. The van der Waals surface area contributed by atoms with Crippen LogP contribution in [0.3, 0.4) is 0 Å². The molecule has 1 amide bonds. The molecule has 7 nitrogen and oxygen atoms in total. The number of hydrogen-bond donors (Lipinski definition) is 2. The van der Waals surface area contributed by atoms with Crippen LogP contribution in [0, 0.1) is 25.7 Å². The Morgan fingerprint density at radius 1 is 1.14 bits per heavy atom. The number of esters is 1. The van der Waals surface area contributed by atoms with Crippen LogP contribution in [0.4, 0.5) is 0 Å². The Hall–Kier alpha value is -1.93. The number of carbonyl (C=O) groups is 2. The van der Waals surface area contributed by atoms with E-state index in [0.29, 0.717) is 11.8 Å². The minimum atomic E-state index is -3.82. The third-order valence-corrected chi connectivity index (χ3v) is 7.01. The maximum atomic E-state index is 12.3. The average Bonchev–Trinajstić information content (AvgIpc) is 2.64. The van der Waals surface area contributed by atoms with Crippen LogP contribution < -0.4 is 10.0 Å². The van der Waals surface area contributed by atoms with Gasteiger partial charge in [0, 0.05) is 6.04 Å². The molecule has 28 heavy (non-hydrogen) atoms. The van der Waals surface area contributed by atoms with Crippen molar-refractivity contribution < 1.29 is 22.7 Å². The predicted molar refractivity (Wildman–Crippen MR) is 106 cm³/mol. The molecule has 0 spiro atoms. The molecule has 1 aliphatic rings. The smallest absolute Gasteiger partial charge is 0.321 e. The Kier molecular flexibility index (Phi) is 7.60. The topological polar surface area (TPSA) is 102 Å². The summed E-state index contributed by atoms with van der Waals surface area (Å²) in [5.41, 5.74) is 1.82. The summed E-state index contributed by atoms with van der Waals surface area (Å²) in [6.07, 6.45) is 3.14. The summed E-state index contributed by atoms with van der Waals surface area (Å²) in [5, 5.41) is 2.91. The van der Waals surface area contributed by atoms with Gasteiger partial charge in [0.25, 0.3) is 5.91 Å². The fourth-order valence-corrected chi connectivity index (χ4v) is 4.40. The molecule has 8 heteroatoms. The van der Waals surface area contributed by atoms with Crippen LogP contribution in [0.25, 0.3) is 0 Å². The Morgan fingerprint density at radius 3 is 2.54 bits per heavy atom. The molecule has 1 aromatic carbocycles. The number of amides is 1. The van der Waals surface area contributed by atoms with Crippen molar-refractivity contribution >= 4 is 21.9 Å². The van der Waals surface area contributed by atoms with Gasteiger partial charge in [0.15, 0.2) is 6.61 Å². The first-order valence-electron chi connectivity index (χ1n) is 9.62. The van der Waals surface area contributed by atoms with Crippen molar-refractivity contribution in [2.45, 2.75) is 57.9 Å². The quantitative estimate of drug-likeness (QED) is 0.670. The minimum Gasteiger partial charge on any atom is -0.455 e. The van der Waals surface area contributed by atoms with E-state index in [1.807, 2.05) is 13.8 Å². The fourth-order valence-electron chi connectivity index (χ4n) is 3.35. The highest BCUT2D eigenvalue weighted by Crippen LogP contribution is 2.29. The molecule has 0 bridgehead atoms. The highest BCUT2D eigenvalue weighted by Gasteiger charge is 2.28. The number of rotatable bonds is 7. The van der Waals surface area contributed by atoms with Gasteiger partial charge in [-0.25, -0.2) is 8.42 Å². The van der Waals surface area contributed by atoms with Crippen molar-refractivity contribution in [3.8, 4) is 0 Å². The van der Waals surface area contributed by atoms with E-state index in [-0.39, 0.29) is 16.8 Å². The number of ether oxygens (including phenoxy) is 1. The van der Waals surface area contributed by atoms with Crippen LogP contribution in [-0.4, -0.2) is 39.5 Å².